The minimum absolute atomic E-state index is 0.441. The van der Waals surface area contributed by atoms with Crippen LogP contribution in [0.5, 0.6) is 0 Å². The van der Waals surface area contributed by atoms with Crippen LogP contribution in [-0.4, -0.2) is 10.7 Å². The van der Waals surface area contributed by atoms with Crippen molar-refractivity contribution < 1.29 is 5.11 Å². The molecule has 1 fully saturated rings. The zero-order valence-electron chi connectivity index (χ0n) is 8.13. The standard InChI is InChI=1S/C12H18O/c13-12(9-5-2-6-10-12)11-7-3-1-4-8-11/h1,3,7,13H,2,4-6,8-10H2. The van der Waals surface area contributed by atoms with Crippen LogP contribution < -0.4 is 0 Å². The average Bonchev–Trinajstić information content (AvgIpc) is 2.20. The van der Waals surface area contributed by atoms with Crippen molar-refractivity contribution in [2.75, 3.05) is 0 Å². The maximum absolute atomic E-state index is 10.4. The van der Waals surface area contributed by atoms with Gasteiger partial charge in [0, 0.05) is 0 Å². The first-order valence-corrected chi connectivity index (χ1v) is 5.40. The molecule has 1 heteroatoms. The molecule has 2 aliphatic rings. The fourth-order valence-electron chi connectivity index (χ4n) is 2.45. The second kappa shape index (κ2) is 3.67. The monoisotopic (exact) mass is 178 g/mol. The van der Waals surface area contributed by atoms with Crippen molar-refractivity contribution in [2.24, 2.45) is 0 Å². The third kappa shape index (κ3) is 1.86. The van der Waals surface area contributed by atoms with E-state index < -0.39 is 5.60 Å². The lowest BCUT2D eigenvalue weighted by Gasteiger charge is -2.35. The molecular formula is C12H18O. The van der Waals surface area contributed by atoms with Crippen LogP contribution in [0.15, 0.2) is 23.8 Å². The normalized spacial score (nSPS) is 27.0. The molecule has 0 aromatic rings. The SMILES string of the molecule is OC1(C2=CC=CCC2)CCCCC1. The summed E-state index contributed by atoms with van der Waals surface area (Å²) >= 11 is 0. The summed E-state index contributed by atoms with van der Waals surface area (Å²) in [5.74, 6) is 0. The highest BCUT2D eigenvalue weighted by Gasteiger charge is 2.32. The van der Waals surface area contributed by atoms with Gasteiger partial charge in [-0.05, 0) is 31.3 Å². The average molecular weight is 178 g/mol. The Bertz CT molecular complexity index is 232. The third-order valence-corrected chi connectivity index (χ3v) is 3.29. The van der Waals surface area contributed by atoms with Crippen LogP contribution in [0.4, 0.5) is 0 Å². The summed E-state index contributed by atoms with van der Waals surface area (Å²) in [4.78, 5) is 0. The second-order valence-corrected chi connectivity index (χ2v) is 4.25. The van der Waals surface area contributed by atoms with Crippen molar-refractivity contribution >= 4 is 0 Å². The van der Waals surface area contributed by atoms with E-state index in [4.69, 9.17) is 0 Å². The number of aliphatic hydroxyl groups is 1. The van der Waals surface area contributed by atoms with E-state index in [0.29, 0.717) is 0 Å². The van der Waals surface area contributed by atoms with E-state index in [-0.39, 0.29) is 0 Å². The highest BCUT2D eigenvalue weighted by atomic mass is 16.3. The van der Waals surface area contributed by atoms with Crippen molar-refractivity contribution in [1.82, 2.24) is 0 Å². The Morgan fingerprint density at radius 2 is 1.92 bits per heavy atom. The number of allylic oxidation sites excluding steroid dienone is 3. The molecule has 2 rings (SSSR count). The minimum atomic E-state index is -0.441. The Balaban J connectivity index is 2.12. The molecule has 0 heterocycles. The minimum Gasteiger partial charge on any atom is -0.386 e. The predicted octanol–water partition coefficient (Wildman–Crippen LogP) is 2.96. The zero-order chi connectivity index (χ0) is 9.15. The quantitative estimate of drug-likeness (QED) is 0.654. The molecule has 0 spiro atoms. The molecule has 0 aromatic carbocycles. The Kier molecular flexibility index (Phi) is 2.54. The summed E-state index contributed by atoms with van der Waals surface area (Å²) in [5, 5.41) is 10.4. The van der Waals surface area contributed by atoms with Gasteiger partial charge in [-0.2, -0.15) is 0 Å². The van der Waals surface area contributed by atoms with Gasteiger partial charge in [0.1, 0.15) is 0 Å². The number of hydrogen-bond donors (Lipinski definition) is 1. The van der Waals surface area contributed by atoms with Crippen molar-refractivity contribution in [3.05, 3.63) is 23.8 Å². The van der Waals surface area contributed by atoms with Gasteiger partial charge >= 0.3 is 0 Å². The molecule has 1 saturated carbocycles. The molecule has 13 heavy (non-hydrogen) atoms. The van der Waals surface area contributed by atoms with Gasteiger partial charge in [-0.3, -0.25) is 0 Å². The van der Waals surface area contributed by atoms with E-state index in [1.807, 2.05) is 0 Å². The highest BCUT2D eigenvalue weighted by Crippen LogP contribution is 2.37. The van der Waals surface area contributed by atoms with Crippen LogP contribution in [0.1, 0.15) is 44.9 Å². The molecule has 0 radical (unpaired) electrons. The molecule has 0 unspecified atom stereocenters. The van der Waals surface area contributed by atoms with E-state index >= 15 is 0 Å². The van der Waals surface area contributed by atoms with Gasteiger partial charge < -0.3 is 5.11 Å². The van der Waals surface area contributed by atoms with Crippen LogP contribution in [0, 0.1) is 0 Å². The van der Waals surface area contributed by atoms with Gasteiger partial charge in [-0.25, -0.2) is 0 Å². The highest BCUT2D eigenvalue weighted by molar-refractivity contribution is 5.26. The van der Waals surface area contributed by atoms with E-state index in [1.165, 1.54) is 24.8 Å². The Morgan fingerprint density at radius 3 is 2.54 bits per heavy atom. The Morgan fingerprint density at radius 1 is 1.15 bits per heavy atom. The van der Waals surface area contributed by atoms with E-state index in [1.54, 1.807) is 0 Å². The second-order valence-electron chi connectivity index (χ2n) is 4.25. The maximum atomic E-state index is 10.4. The summed E-state index contributed by atoms with van der Waals surface area (Å²) in [7, 11) is 0. The molecule has 0 amide bonds. The maximum Gasteiger partial charge on any atom is 0.0859 e. The Hall–Kier alpha value is -0.560. The van der Waals surface area contributed by atoms with Crippen LogP contribution in [-0.2, 0) is 0 Å². The summed E-state index contributed by atoms with van der Waals surface area (Å²) in [5.41, 5.74) is 0.831. The van der Waals surface area contributed by atoms with Gasteiger partial charge in [0.05, 0.1) is 5.60 Å². The van der Waals surface area contributed by atoms with Crippen LogP contribution in [0.25, 0.3) is 0 Å². The van der Waals surface area contributed by atoms with Crippen molar-refractivity contribution in [3.63, 3.8) is 0 Å². The molecule has 0 atom stereocenters. The van der Waals surface area contributed by atoms with E-state index in [2.05, 4.69) is 18.2 Å². The summed E-state index contributed by atoms with van der Waals surface area (Å²) < 4.78 is 0. The molecule has 2 aliphatic carbocycles. The first kappa shape index (κ1) is 9.01. The summed E-state index contributed by atoms with van der Waals surface area (Å²) in [6.07, 6.45) is 14.2. The Labute approximate surface area is 80.2 Å². The van der Waals surface area contributed by atoms with Crippen LogP contribution in [0.2, 0.25) is 0 Å². The molecule has 0 aliphatic heterocycles. The molecule has 0 aromatic heterocycles. The molecule has 0 bridgehead atoms. The predicted molar refractivity (Wildman–Crippen MR) is 54.5 cm³/mol. The van der Waals surface area contributed by atoms with Gasteiger partial charge in [0.2, 0.25) is 0 Å². The summed E-state index contributed by atoms with van der Waals surface area (Å²) in [6, 6.07) is 0. The smallest absolute Gasteiger partial charge is 0.0859 e. The molecule has 0 saturated heterocycles. The zero-order valence-corrected chi connectivity index (χ0v) is 8.13. The fraction of sp³-hybridized carbons (Fsp3) is 0.667. The van der Waals surface area contributed by atoms with Gasteiger partial charge in [-0.15, -0.1) is 0 Å². The lowest BCUT2D eigenvalue weighted by atomic mass is 9.77. The number of hydrogen-bond acceptors (Lipinski definition) is 1. The largest absolute Gasteiger partial charge is 0.386 e. The third-order valence-electron chi connectivity index (χ3n) is 3.29. The van der Waals surface area contributed by atoms with Crippen LogP contribution >= 0.6 is 0 Å². The van der Waals surface area contributed by atoms with Crippen molar-refractivity contribution in [3.8, 4) is 0 Å². The van der Waals surface area contributed by atoms with E-state index in [9.17, 15) is 5.11 Å². The first-order chi connectivity index (χ1) is 6.31. The first-order valence-electron chi connectivity index (χ1n) is 5.40. The van der Waals surface area contributed by atoms with Crippen molar-refractivity contribution in [2.45, 2.75) is 50.5 Å². The van der Waals surface area contributed by atoms with Gasteiger partial charge in [-0.1, -0.05) is 37.5 Å². The topological polar surface area (TPSA) is 20.2 Å². The van der Waals surface area contributed by atoms with Crippen LogP contribution in [0.3, 0.4) is 0 Å². The van der Waals surface area contributed by atoms with Gasteiger partial charge in [0.25, 0.3) is 0 Å². The lowest BCUT2D eigenvalue weighted by Crippen LogP contribution is -2.33. The van der Waals surface area contributed by atoms with Gasteiger partial charge in [0.15, 0.2) is 0 Å². The molecular weight excluding hydrogens is 160 g/mol. The lowest BCUT2D eigenvalue weighted by molar-refractivity contribution is 0.0363. The fourth-order valence-corrected chi connectivity index (χ4v) is 2.45. The molecule has 1 N–H and O–H groups in total. The molecule has 72 valence electrons. The summed E-state index contributed by atoms with van der Waals surface area (Å²) in [6.45, 7) is 0. The van der Waals surface area contributed by atoms with E-state index in [0.717, 1.165) is 25.7 Å². The van der Waals surface area contributed by atoms with Crippen molar-refractivity contribution in [1.29, 1.82) is 0 Å². The molecule has 1 nitrogen and oxygen atoms in total. The number of rotatable bonds is 1.